The van der Waals surface area contributed by atoms with Crippen molar-refractivity contribution < 1.29 is 14.7 Å². The van der Waals surface area contributed by atoms with Gasteiger partial charge >= 0.3 is 5.97 Å². The lowest BCUT2D eigenvalue weighted by Crippen LogP contribution is -2.46. The van der Waals surface area contributed by atoms with Crippen LogP contribution in [0.5, 0.6) is 0 Å². The molecule has 0 saturated carbocycles. The van der Waals surface area contributed by atoms with Crippen molar-refractivity contribution in [1.82, 2.24) is 4.90 Å². The summed E-state index contributed by atoms with van der Waals surface area (Å²) < 4.78 is 0. The molecule has 1 heterocycles. The summed E-state index contributed by atoms with van der Waals surface area (Å²) in [7, 11) is 0. The SMILES string of the molecule is CC1CC(C(=O)O)CN(C(=O)Cc2ccccc2)C1. The molecule has 4 nitrogen and oxygen atoms in total. The highest BCUT2D eigenvalue weighted by Gasteiger charge is 2.31. The summed E-state index contributed by atoms with van der Waals surface area (Å²) in [5.74, 6) is -0.967. The van der Waals surface area contributed by atoms with Gasteiger partial charge in [-0.05, 0) is 17.9 Å². The standard InChI is InChI=1S/C15H19NO3/c1-11-7-13(15(18)19)10-16(9-11)14(17)8-12-5-3-2-4-6-12/h2-6,11,13H,7-10H2,1H3,(H,18,19). The Morgan fingerprint density at radius 1 is 1.26 bits per heavy atom. The fourth-order valence-electron chi connectivity index (χ4n) is 2.62. The molecular formula is C15H19NO3. The van der Waals surface area contributed by atoms with Gasteiger partial charge in [-0.1, -0.05) is 37.3 Å². The summed E-state index contributed by atoms with van der Waals surface area (Å²) in [5, 5.41) is 9.11. The van der Waals surface area contributed by atoms with E-state index in [1.54, 1.807) is 4.90 Å². The summed E-state index contributed by atoms with van der Waals surface area (Å²) in [6, 6.07) is 9.56. The fourth-order valence-corrected chi connectivity index (χ4v) is 2.62. The second kappa shape index (κ2) is 5.87. The summed E-state index contributed by atoms with van der Waals surface area (Å²) in [6.45, 7) is 3.00. The number of likely N-dealkylation sites (tertiary alicyclic amines) is 1. The Balaban J connectivity index is 2.00. The smallest absolute Gasteiger partial charge is 0.308 e. The second-order valence-electron chi connectivity index (χ2n) is 5.34. The number of piperidine rings is 1. The highest BCUT2D eigenvalue weighted by Crippen LogP contribution is 2.22. The van der Waals surface area contributed by atoms with Crippen molar-refractivity contribution in [3.63, 3.8) is 0 Å². The third kappa shape index (κ3) is 3.56. The van der Waals surface area contributed by atoms with Crippen molar-refractivity contribution in [2.75, 3.05) is 13.1 Å². The highest BCUT2D eigenvalue weighted by atomic mass is 16.4. The Labute approximate surface area is 113 Å². The quantitative estimate of drug-likeness (QED) is 0.902. The van der Waals surface area contributed by atoms with Gasteiger partial charge in [-0.15, -0.1) is 0 Å². The van der Waals surface area contributed by atoms with Crippen LogP contribution in [0.25, 0.3) is 0 Å². The molecule has 1 fully saturated rings. The topological polar surface area (TPSA) is 57.6 Å². The van der Waals surface area contributed by atoms with Gasteiger partial charge in [-0.2, -0.15) is 0 Å². The molecule has 102 valence electrons. The van der Waals surface area contributed by atoms with E-state index in [0.29, 0.717) is 25.9 Å². The van der Waals surface area contributed by atoms with E-state index in [4.69, 9.17) is 5.11 Å². The summed E-state index contributed by atoms with van der Waals surface area (Å²) in [5.41, 5.74) is 0.970. The third-order valence-corrected chi connectivity index (χ3v) is 3.56. The molecule has 0 spiro atoms. The minimum Gasteiger partial charge on any atom is -0.481 e. The zero-order valence-corrected chi connectivity index (χ0v) is 11.1. The summed E-state index contributed by atoms with van der Waals surface area (Å²) in [4.78, 5) is 25.0. The van der Waals surface area contributed by atoms with Gasteiger partial charge in [0.1, 0.15) is 0 Å². The molecule has 1 saturated heterocycles. The number of carboxylic acids is 1. The maximum Gasteiger partial charge on any atom is 0.308 e. The van der Waals surface area contributed by atoms with Crippen LogP contribution in [0.4, 0.5) is 0 Å². The van der Waals surface area contributed by atoms with Gasteiger partial charge in [-0.3, -0.25) is 9.59 Å². The highest BCUT2D eigenvalue weighted by molar-refractivity contribution is 5.80. The molecule has 1 amide bonds. The van der Waals surface area contributed by atoms with Gasteiger partial charge in [0.15, 0.2) is 0 Å². The second-order valence-corrected chi connectivity index (χ2v) is 5.34. The van der Waals surface area contributed by atoms with Crippen LogP contribution >= 0.6 is 0 Å². The van der Waals surface area contributed by atoms with Crippen LogP contribution < -0.4 is 0 Å². The minimum atomic E-state index is -0.802. The van der Waals surface area contributed by atoms with E-state index < -0.39 is 11.9 Å². The van der Waals surface area contributed by atoms with Crippen LogP contribution in [0.1, 0.15) is 18.9 Å². The zero-order chi connectivity index (χ0) is 13.8. The van der Waals surface area contributed by atoms with E-state index in [9.17, 15) is 9.59 Å². The Morgan fingerprint density at radius 2 is 1.95 bits per heavy atom. The first-order valence-electron chi connectivity index (χ1n) is 6.60. The Kier molecular flexibility index (Phi) is 4.20. The van der Waals surface area contributed by atoms with Gasteiger partial charge in [0, 0.05) is 13.1 Å². The molecule has 0 aromatic heterocycles. The number of nitrogens with zero attached hydrogens (tertiary/aromatic N) is 1. The van der Waals surface area contributed by atoms with Crippen molar-refractivity contribution in [2.45, 2.75) is 19.8 Å². The van der Waals surface area contributed by atoms with Gasteiger partial charge in [0.05, 0.1) is 12.3 Å². The summed E-state index contributed by atoms with van der Waals surface area (Å²) >= 11 is 0. The van der Waals surface area contributed by atoms with Crippen molar-refractivity contribution in [2.24, 2.45) is 11.8 Å². The van der Waals surface area contributed by atoms with E-state index in [-0.39, 0.29) is 11.8 Å². The van der Waals surface area contributed by atoms with E-state index in [1.807, 2.05) is 37.3 Å². The molecule has 1 N–H and O–H groups in total. The Morgan fingerprint density at radius 3 is 2.58 bits per heavy atom. The van der Waals surface area contributed by atoms with Crippen LogP contribution in [0.15, 0.2) is 30.3 Å². The van der Waals surface area contributed by atoms with E-state index in [1.165, 1.54) is 0 Å². The van der Waals surface area contributed by atoms with E-state index in [2.05, 4.69) is 0 Å². The van der Waals surface area contributed by atoms with Gasteiger partial charge < -0.3 is 10.0 Å². The lowest BCUT2D eigenvalue weighted by Gasteiger charge is -2.34. The Hall–Kier alpha value is -1.84. The van der Waals surface area contributed by atoms with Crippen molar-refractivity contribution >= 4 is 11.9 Å². The van der Waals surface area contributed by atoms with Gasteiger partial charge in [0.25, 0.3) is 0 Å². The van der Waals surface area contributed by atoms with Crippen molar-refractivity contribution in [3.05, 3.63) is 35.9 Å². The lowest BCUT2D eigenvalue weighted by molar-refractivity contribution is -0.146. The van der Waals surface area contributed by atoms with E-state index in [0.717, 1.165) is 5.56 Å². The average molecular weight is 261 g/mol. The first-order chi connectivity index (χ1) is 9.06. The molecule has 2 rings (SSSR count). The average Bonchev–Trinajstić information content (AvgIpc) is 2.39. The monoisotopic (exact) mass is 261 g/mol. The lowest BCUT2D eigenvalue weighted by atomic mass is 9.90. The van der Waals surface area contributed by atoms with E-state index >= 15 is 0 Å². The number of hydrogen-bond donors (Lipinski definition) is 1. The van der Waals surface area contributed by atoms with Gasteiger partial charge in [0.2, 0.25) is 5.91 Å². The minimum absolute atomic E-state index is 0.0176. The van der Waals surface area contributed by atoms with Crippen molar-refractivity contribution in [3.8, 4) is 0 Å². The third-order valence-electron chi connectivity index (χ3n) is 3.56. The molecule has 1 aliphatic heterocycles. The number of rotatable bonds is 3. The van der Waals surface area contributed by atoms with Crippen molar-refractivity contribution in [1.29, 1.82) is 0 Å². The van der Waals surface area contributed by atoms with Crippen LogP contribution in [0, 0.1) is 11.8 Å². The molecule has 1 aromatic carbocycles. The first-order valence-corrected chi connectivity index (χ1v) is 6.60. The predicted molar refractivity (Wildman–Crippen MR) is 71.6 cm³/mol. The van der Waals surface area contributed by atoms with Crippen LogP contribution in [0.2, 0.25) is 0 Å². The zero-order valence-electron chi connectivity index (χ0n) is 11.1. The fraction of sp³-hybridized carbons (Fsp3) is 0.467. The maximum atomic E-state index is 12.2. The number of carboxylic acid groups (broad SMARTS) is 1. The number of hydrogen-bond acceptors (Lipinski definition) is 2. The normalized spacial score (nSPS) is 23.1. The molecular weight excluding hydrogens is 242 g/mol. The number of benzene rings is 1. The largest absolute Gasteiger partial charge is 0.481 e. The molecule has 19 heavy (non-hydrogen) atoms. The van der Waals surface area contributed by atoms with Crippen LogP contribution in [0.3, 0.4) is 0 Å². The molecule has 1 aromatic rings. The predicted octanol–water partition coefficient (Wildman–Crippen LogP) is 1.80. The molecule has 2 unspecified atom stereocenters. The molecule has 0 bridgehead atoms. The first kappa shape index (κ1) is 13.6. The van der Waals surface area contributed by atoms with Crippen LogP contribution in [-0.2, 0) is 16.0 Å². The molecule has 0 radical (unpaired) electrons. The molecule has 4 heteroatoms. The summed E-state index contributed by atoms with van der Waals surface area (Å²) in [6.07, 6.45) is 1.00. The Bertz CT molecular complexity index is 458. The molecule has 0 aliphatic carbocycles. The number of carbonyl (C=O) groups excluding carboxylic acids is 1. The van der Waals surface area contributed by atoms with Gasteiger partial charge in [-0.25, -0.2) is 0 Å². The number of aliphatic carboxylic acids is 1. The number of carbonyl (C=O) groups is 2. The molecule has 2 atom stereocenters. The maximum absolute atomic E-state index is 12.2. The van der Waals surface area contributed by atoms with Crippen LogP contribution in [-0.4, -0.2) is 35.0 Å². The molecule has 1 aliphatic rings. The number of amides is 1.